The first-order chi connectivity index (χ1) is 6.15. The third-order valence-electron chi connectivity index (χ3n) is 1.43. The van der Waals surface area contributed by atoms with Crippen molar-refractivity contribution in [2.45, 2.75) is 6.17 Å². The smallest absolute Gasteiger partial charge is 0.270 e. The molecule has 0 bridgehead atoms. The van der Waals surface area contributed by atoms with Crippen LogP contribution in [-0.4, -0.2) is 16.9 Å². The minimum Gasteiger partial charge on any atom is -0.274 e. The van der Waals surface area contributed by atoms with Crippen molar-refractivity contribution in [3.8, 4) is 0 Å². The predicted molar refractivity (Wildman–Crippen MR) is 44.2 cm³/mol. The summed E-state index contributed by atoms with van der Waals surface area (Å²) in [6, 6.07) is 4.04. The van der Waals surface area contributed by atoms with Crippen LogP contribution in [-0.2, 0) is 0 Å². The highest BCUT2D eigenvalue weighted by atomic mass is 35.5. The molecule has 0 saturated heterocycles. The van der Waals surface area contributed by atoms with Crippen molar-refractivity contribution in [3.63, 3.8) is 0 Å². The molecule has 1 unspecified atom stereocenters. The van der Waals surface area contributed by atoms with Gasteiger partial charge in [0, 0.05) is 0 Å². The Morgan fingerprint density at radius 3 is 2.85 bits per heavy atom. The Morgan fingerprint density at radius 2 is 2.31 bits per heavy atom. The summed E-state index contributed by atoms with van der Waals surface area (Å²) in [5.41, 5.74) is -0.190. The van der Waals surface area contributed by atoms with Gasteiger partial charge in [-0.3, -0.25) is 4.79 Å². The van der Waals surface area contributed by atoms with E-state index in [0.717, 1.165) is 0 Å². The van der Waals surface area contributed by atoms with Crippen LogP contribution < -0.4 is 0 Å². The average Bonchev–Trinajstić information content (AvgIpc) is 2.17. The van der Waals surface area contributed by atoms with E-state index in [1.54, 1.807) is 0 Å². The summed E-state index contributed by atoms with van der Waals surface area (Å²) in [7, 11) is 0. The van der Waals surface area contributed by atoms with Gasteiger partial charge in [-0.1, -0.05) is 6.07 Å². The minimum absolute atomic E-state index is 0.0738. The van der Waals surface area contributed by atoms with Crippen LogP contribution in [0.4, 0.5) is 8.78 Å². The number of nitrogens with zero attached hydrogens (tertiary/aromatic N) is 1. The molecule has 0 saturated carbocycles. The van der Waals surface area contributed by atoms with E-state index < -0.39 is 18.1 Å². The maximum absolute atomic E-state index is 12.7. The zero-order chi connectivity index (χ0) is 9.84. The number of halogens is 3. The van der Waals surface area contributed by atoms with E-state index in [1.807, 2.05) is 0 Å². The first-order valence-corrected chi connectivity index (χ1v) is 3.89. The van der Waals surface area contributed by atoms with Crippen LogP contribution in [0, 0.1) is 0 Å². The average molecular weight is 206 g/mol. The number of carbonyl (C=O) groups excluding carboxylic acids is 1. The van der Waals surface area contributed by atoms with E-state index in [-0.39, 0.29) is 11.4 Å². The Labute approximate surface area is 78.5 Å². The first kappa shape index (κ1) is 10.1. The Kier molecular flexibility index (Phi) is 3.31. The predicted octanol–water partition coefficient (Wildman–Crippen LogP) is 2.44. The fourth-order valence-corrected chi connectivity index (χ4v) is 0.920. The summed E-state index contributed by atoms with van der Waals surface area (Å²) in [4.78, 5) is 14.1. The molecule has 1 atom stereocenters. The number of pyridine rings is 1. The molecule has 1 heterocycles. The standard InChI is InChI=1S/C8H6ClF2NO/c9-8(13)7-3-1-2-6(12-7)5(11)4-10/h1-3,5H,4H2. The van der Waals surface area contributed by atoms with Crippen molar-refractivity contribution in [3.05, 3.63) is 29.6 Å². The van der Waals surface area contributed by atoms with Crippen LogP contribution in [0.5, 0.6) is 0 Å². The molecule has 0 amide bonds. The molecule has 13 heavy (non-hydrogen) atoms. The topological polar surface area (TPSA) is 30.0 Å². The molecule has 0 N–H and O–H groups in total. The molecular weight excluding hydrogens is 200 g/mol. The van der Waals surface area contributed by atoms with Gasteiger partial charge >= 0.3 is 0 Å². The lowest BCUT2D eigenvalue weighted by Gasteiger charge is -2.02. The third kappa shape index (κ3) is 2.45. The molecule has 0 aromatic carbocycles. The molecule has 2 nitrogen and oxygen atoms in total. The van der Waals surface area contributed by atoms with Crippen LogP contribution in [0.2, 0.25) is 0 Å². The van der Waals surface area contributed by atoms with E-state index in [1.165, 1.54) is 18.2 Å². The second-order valence-corrected chi connectivity index (χ2v) is 2.69. The molecule has 0 aliphatic heterocycles. The van der Waals surface area contributed by atoms with E-state index in [2.05, 4.69) is 4.98 Å². The van der Waals surface area contributed by atoms with E-state index in [9.17, 15) is 13.6 Å². The van der Waals surface area contributed by atoms with Gasteiger partial charge in [0.1, 0.15) is 12.4 Å². The van der Waals surface area contributed by atoms with Crippen LogP contribution in [0.25, 0.3) is 0 Å². The van der Waals surface area contributed by atoms with Crippen molar-refractivity contribution in [2.75, 3.05) is 6.67 Å². The maximum Gasteiger partial charge on any atom is 0.270 e. The first-order valence-electron chi connectivity index (χ1n) is 3.52. The number of hydrogen-bond donors (Lipinski definition) is 0. The monoisotopic (exact) mass is 205 g/mol. The molecule has 1 aromatic rings. The van der Waals surface area contributed by atoms with Gasteiger partial charge in [-0.05, 0) is 23.7 Å². The van der Waals surface area contributed by atoms with Gasteiger partial charge in [-0.15, -0.1) is 0 Å². The van der Waals surface area contributed by atoms with Crippen molar-refractivity contribution in [1.29, 1.82) is 0 Å². The summed E-state index contributed by atoms with van der Waals surface area (Å²) in [5, 5.41) is -0.784. The summed E-state index contributed by atoms with van der Waals surface area (Å²) in [5.74, 6) is 0. The summed E-state index contributed by atoms with van der Waals surface area (Å²) < 4.78 is 24.6. The summed E-state index contributed by atoms with van der Waals surface area (Å²) in [6.07, 6.45) is -1.80. The number of rotatable bonds is 3. The number of aromatic nitrogens is 1. The Hall–Kier alpha value is -1.03. The summed E-state index contributed by atoms with van der Waals surface area (Å²) in [6.45, 7) is -1.16. The van der Waals surface area contributed by atoms with Gasteiger partial charge in [0.25, 0.3) is 5.24 Å². The highest BCUT2D eigenvalue weighted by molar-refractivity contribution is 6.67. The number of hydrogen-bond acceptors (Lipinski definition) is 2. The second-order valence-electron chi connectivity index (χ2n) is 2.34. The molecule has 0 radical (unpaired) electrons. The van der Waals surface area contributed by atoms with Crippen molar-refractivity contribution >= 4 is 16.8 Å². The number of carbonyl (C=O) groups is 1. The minimum atomic E-state index is -1.80. The molecular formula is C8H6ClF2NO. The highest BCUT2D eigenvalue weighted by Crippen LogP contribution is 2.16. The lowest BCUT2D eigenvalue weighted by Crippen LogP contribution is -2.02. The number of alkyl halides is 2. The van der Waals surface area contributed by atoms with Crippen LogP contribution in [0.1, 0.15) is 22.4 Å². The maximum atomic E-state index is 12.7. The van der Waals surface area contributed by atoms with E-state index >= 15 is 0 Å². The molecule has 0 fully saturated rings. The zero-order valence-electron chi connectivity index (χ0n) is 6.51. The second kappa shape index (κ2) is 4.28. The highest BCUT2D eigenvalue weighted by Gasteiger charge is 2.12. The lowest BCUT2D eigenvalue weighted by atomic mass is 10.2. The van der Waals surface area contributed by atoms with Crippen molar-refractivity contribution < 1.29 is 13.6 Å². The summed E-state index contributed by atoms with van der Waals surface area (Å²) >= 11 is 5.11. The molecule has 5 heteroatoms. The van der Waals surface area contributed by atoms with Crippen molar-refractivity contribution in [1.82, 2.24) is 4.98 Å². The van der Waals surface area contributed by atoms with Gasteiger partial charge in [0.05, 0.1) is 5.69 Å². The normalized spacial score (nSPS) is 12.5. The Morgan fingerprint density at radius 1 is 1.62 bits per heavy atom. The Balaban J connectivity index is 2.98. The van der Waals surface area contributed by atoms with E-state index in [0.29, 0.717) is 0 Å². The molecule has 0 aliphatic rings. The Bertz CT molecular complexity index is 319. The fraction of sp³-hybridized carbons (Fsp3) is 0.250. The van der Waals surface area contributed by atoms with Gasteiger partial charge in [-0.2, -0.15) is 0 Å². The van der Waals surface area contributed by atoms with Gasteiger partial charge in [0.2, 0.25) is 0 Å². The van der Waals surface area contributed by atoms with Gasteiger partial charge in [0.15, 0.2) is 6.17 Å². The molecule has 70 valence electrons. The van der Waals surface area contributed by atoms with Crippen molar-refractivity contribution in [2.24, 2.45) is 0 Å². The third-order valence-corrected chi connectivity index (χ3v) is 1.62. The SMILES string of the molecule is O=C(Cl)c1cccc(C(F)CF)n1. The quantitative estimate of drug-likeness (QED) is 0.710. The molecule has 1 aromatic heterocycles. The molecule has 0 aliphatic carbocycles. The largest absolute Gasteiger partial charge is 0.274 e. The lowest BCUT2D eigenvalue weighted by molar-refractivity contribution is 0.107. The zero-order valence-corrected chi connectivity index (χ0v) is 7.26. The van der Waals surface area contributed by atoms with Crippen LogP contribution in [0.15, 0.2) is 18.2 Å². The molecule has 1 rings (SSSR count). The van der Waals surface area contributed by atoms with Gasteiger partial charge in [-0.25, -0.2) is 13.8 Å². The molecule has 0 spiro atoms. The van der Waals surface area contributed by atoms with E-state index in [4.69, 9.17) is 11.6 Å². The van der Waals surface area contributed by atoms with Crippen LogP contribution in [0.3, 0.4) is 0 Å². The van der Waals surface area contributed by atoms with Crippen LogP contribution >= 0.6 is 11.6 Å². The van der Waals surface area contributed by atoms with Gasteiger partial charge < -0.3 is 0 Å². The fourth-order valence-electron chi connectivity index (χ4n) is 0.814.